The van der Waals surface area contributed by atoms with E-state index in [9.17, 15) is 0 Å². The van der Waals surface area contributed by atoms with Crippen LogP contribution in [-0.2, 0) is 6.54 Å². The molecule has 0 spiro atoms. The number of benzene rings is 1. The minimum Gasteiger partial charge on any atom is -0.494 e. The molecule has 7 heteroatoms. The highest BCUT2D eigenvalue weighted by Crippen LogP contribution is 2.40. The number of ether oxygens (including phenoxy) is 1. The van der Waals surface area contributed by atoms with E-state index < -0.39 is 0 Å². The summed E-state index contributed by atoms with van der Waals surface area (Å²) < 4.78 is 7.84. The van der Waals surface area contributed by atoms with Gasteiger partial charge in [0.2, 0.25) is 0 Å². The highest BCUT2D eigenvalue weighted by molar-refractivity contribution is 7.80. The van der Waals surface area contributed by atoms with Gasteiger partial charge in [0.05, 0.1) is 24.4 Å². The summed E-state index contributed by atoms with van der Waals surface area (Å²) in [5, 5.41) is 4.24. The molecule has 4 heterocycles. The topological polar surface area (TPSA) is 55.2 Å². The van der Waals surface area contributed by atoms with Crippen molar-refractivity contribution in [3.63, 3.8) is 0 Å². The first kappa shape index (κ1) is 21.2. The number of hydrogen-bond acceptors (Lipinski definition) is 4. The third kappa shape index (κ3) is 4.32. The number of thiocarbonyl (C=S) groups is 1. The Morgan fingerprint density at radius 2 is 1.79 bits per heavy atom. The third-order valence-corrected chi connectivity index (χ3v) is 6.16. The van der Waals surface area contributed by atoms with Gasteiger partial charge in [0, 0.05) is 42.7 Å². The SMILES string of the molecule is CCOc1ccc(-n2cccc2[C@H]2[C@H](c3ccccn3)NC(=S)N2Cc2ccncc2)cc1. The Kier molecular flexibility index (Phi) is 6.04. The van der Waals surface area contributed by atoms with Crippen LogP contribution in [0.15, 0.2) is 91.5 Å². The molecule has 1 aliphatic rings. The Balaban J connectivity index is 1.56. The van der Waals surface area contributed by atoms with Gasteiger partial charge in [0.1, 0.15) is 5.75 Å². The zero-order valence-corrected chi connectivity index (χ0v) is 19.2. The molecule has 0 amide bonds. The molecule has 4 aromatic rings. The maximum absolute atomic E-state index is 5.82. The smallest absolute Gasteiger partial charge is 0.170 e. The molecule has 3 aromatic heterocycles. The Morgan fingerprint density at radius 3 is 2.52 bits per heavy atom. The van der Waals surface area contributed by atoms with Crippen molar-refractivity contribution in [1.29, 1.82) is 0 Å². The van der Waals surface area contributed by atoms with Gasteiger partial charge in [0.25, 0.3) is 0 Å². The zero-order chi connectivity index (χ0) is 22.6. The summed E-state index contributed by atoms with van der Waals surface area (Å²) in [6.45, 7) is 3.31. The molecular weight excluding hydrogens is 430 g/mol. The van der Waals surface area contributed by atoms with Gasteiger partial charge in [-0.15, -0.1) is 0 Å². The van der Waals surface area contributed by atoms with Crippen LogP contribution in [-0.4, -0.2) is 31.2 Å². The highest BCUT2D eigenvalue weighted by Gasteiger charge is 2.41. The second kappa shape index (κ2) is 9.42. The summed E-state index contributed by atoms with van der Waals surface area (Å²) in [4.78, 5) is 11.0. The normalized spacial score (nSPS) is 17.7. The van der Waals surface area contributed by atoms with Crippen LogP contribution in [0.5, 0.6) is 5.75 Å². The largest absolute Gasteiger partial charge is 0.494 e. The highest BCUT2D eigenvalue weighted by atomic mass is 32.1. The van der Waals surface area contributed by atoms with E-state index in [2.05, 4.69) is 55.2 Å². The summed E-state index contributed by atoms with van der Waals surface area (Å²) in [6.07, 6.45) is 7.55. The molecule has 6 nitrogen and oxygen atoms in total. The molecule has 1 fully saturated rings. The standard InChI is InChI=1S/C26H25N5OS/c1-2-32-21-10-8-20(9-11-21)30-17-5-7-23(30)25-24(22-6-3-4-14-28-22)29-26(33)31(25)18-19-12-15-27-16-13-19/h3-17,24-25H,2,18H2,1H3,(H,29,33)/t24-,25-/m0/s1. The van der Waals surface area contributed by atoms with E-state index in [-0.39, 0.29) is 12.1 Å². The molecule has 1 saturated heterocycles. The maximum Gasteiger partial charge on any atom is 0.170 e. The minimum atomic E-state index is -0.0723. The lowest BCUT2D eigenvalue weighted by atomic mass is 10.0. The Morgan fingerprint density at radius 1 is 0.970 bits per heavy atom. The Bertz CT molecular complexity index is 1210. The first-order valence-corrected chi connectivity index (χ1v) is 11.4. The monoisotopic (exact) mass is 455 g/mol. The van der Waals surface area contributed by atoms with Crippen LogP contribution in [0.4, 0.5) is 0 Å². The van der Waals surface area contributed by atoms with Gasteiger partial charge in [-0.1, -0.05) is 6.07 Å². The van der Waals surface area contributed by atoms with Crippen molar-refractivity contribution in [2.75, 3.05) is 6.61 Å². The summed E-state index contributed by atoms with van der Waals surface area (Å²) in [5.74, 6) is 0.865. The van der Waals surface area contributed by atoms with E-state index in [4.69, 9.17) is 17.0 Å². The Labute approximate surface area is 198 Å². The van der Waals surface area contributed by atoms with Crippen molar-refractivity contribution in [2.24, 2.45) is 0 Å². The van der Waals surface area contributed by atoms with Gasteiger partial charge >= 0.3 is 0 Å². The lowest BCUT2D eigenvalue weighted by Gasteiger charge is -2.29. The van der Waals surface area contributed by atoms with Crippen molar-refractivity contribution < 1.29 is 4.74 Å². The molecule has 0 saturated carbocycles. The van der Waals surface area contributed by atoms with Crippen molar-refractivity contribution in [3.8, 4) is 11.4 Å². The Hall–Kier alpha value is -3.71. The summed E-state index contributed by atoms with van der Waals surface area (Å²) in [5.41, 5.74) is 4.32. The van der Waals surface area contributed by atoms with Crippen LogP contribution in [0, 0.1) is 0 Å². The number of aromatic nitrogens is 3. The van der Waals surface area contributed by atoms with Crippen LogP contribution >= 0.6 is 12.2 Å². The van der Waals surface area contributed by atoms with Gasteiger partial charge in [-0.3, -0.25) is 9.97 Å². The molecule has 0 aliphatic carbocycles. The van der Waals surface area contributed by atoms with E-state index >= 15 is 0 Å². The van der Waals surface area contributed by atoms with Gasteiger partial charge < -0.3 is 19.5 Å². The fourth-order valence-corrected chi connectivity index (χ4v) is 4.63. The van der Waals surface area contributed by atoms with E-state index in [0.717, 1.165) is 28.4 Å². The molecule has 0 radical (unpaired) electrons. The first-order valence-electron chi connectivity index (χ1n) is 11.0. The number of pyridine rings is 2. The van der Waals surface area contributed by atoms with Gasteiger partial charge in [-0.2, -0.15) is 0 Å². The third-order valence-electron chi connectivity index (χ3n) is 5.81. The molecular formula is C26H25N5OS. The molecule has 1 N–H and O–H groups in total. The average Bonchev–Trinajstić information content (AvgIpc) is 3.46. The molecule has 1 aliphatic heterocycles. The number of nitrogens with zero attached hydrogens (tertiary/aromatic N) is 4. The van der Waals surface area contributed by atoms with Crippen LogP contribution < -0.4 is 10.1 Å². The summed E-state index contributed by atoms with van der Waals surface area (Å²) >= 11 is 5.82. The van der Waals surface area contributed by atoms with E-state index in [0.29, 0.717) is 18.3 Å². The fraction of sp³-hybridized carbons (Fsp3) is 0.192. The maximum atomic E-state index is 5.82. The van der Waals surface area contributed by atoms with Gasteiger partial charge in [0.15, 0.2) is 5.11 Å². The summed E-state index contributed by atoms with van der Waals surface area (Å²) in [6, 6.07) is 22.3. The lowest BCUT2D eigenvalue weighted by molar-refractivity contribution is 0.302. The summed E-state index contributed by atoms with van der Waals surface area (Å²) in [7, 11) is 0. The predicted molar refractivity (Wildman–Crippen MR) is 132 cm³/mol. The molecule has 5 rings (SSSR count). The predicted octanol–water partition coefficient (Wildman–Crippen LogP) is 4.84. The quantitative estimate of drug-likeness (QED) is 0.403. The van der Waals surface area contributed by atoms with Crippen LogP contribution in [0.2, 0.25) is 0 Å². The minimum absolute atomic E-state index is 0.0397. The molecule has 2 atom stereocenters. The van der Waals surface area contributed by atoms with Crippen LogP contribution in [0.1, 0.15) is 36.0 Å². The van der Waals surface area contributed by atoms with E-state index in [1.54, 1.807) is 0 Å². The molecule has 33 heavy (non-hydrogen) atoms. The van der Waals surface area contributed by atoms with E-state index in [1.165, 1.54) is 0 Å². The van der Waals surface area contributed by atoms with Crippen molar-refractivity contribution in [3.05, 3.63) is 108 Å². The number of hydrogen-bond donors (Lipinski definition) is 1. The van der Waals surface area contributed by atoms with Gasteiger partial charge in [-0.05, 0) is 85.4 Å². The van der Waals surface area contributed by atoms with Crippen LogP contribution in [0.3, 0.4) is 0 Å². The molecule has 0 bridgehead atoms. The molecule has 0 unspecified atom stereocenters. The van der Waals surface area contributed by atoms with Gasteiger partial charge in [-0.25, -0.2) is 0 Å². The number of nitrogens with one attached hydrogen (secondary N) is 1. The van der Waals surface area contributed by atoms with Crippen molar-refractivity contribution >= 4 is 17.3 Å². The molecule has 166 valence electrons. The second-order valence-electron chi connectivity index (χ2n) is 7.84. The lowest BCUT2D eigenvalue weighted by Crippen LogP contribution is -2.30. The first-order chi connectivity index (χ1) is 16.2. The second-order valence-corrected chi connectivity index (χ2v) is 8.23. The van der Waals surface area contributed by atoms with Crippen molar-refractivity contribution in [1.82, 2.24) is 24.8 Å². The average molecular weight is 456 g/mol. The molecule has 1 aromatic carbocycles. The zero-order valence-electron chi connectivity index (χ0n) is 18.3. The number of rotatable bonds is 7. The van der Waals surface area contributed by atoms with E-state index in [1.807, 2.05) is 68.0 Å². The fourth-order valence-electron chi connectivity index (χ4n) is 4.32. The van der Waals surface area contributed by atoms with Crippen LogP contribution in [0.25, 0.3) is 5.69 Å². The van der Waals surface area contributed by atoms with Crippen molar-refractivity contribution in [2.45, 2.75) is 25.6 Å².